The Hall–Kier alpha value is -2.60. The second-order valence-electron chi connectivity index (χ2n) is 6.18. The number of piperidine rings is 1. The van der Waals surface area contributed by atoms with Gasteiger partial charge in [-0.05, 0) is 43.7 Å². The molecule has 0 aromatic carbocycles. The predicted octanol–water partition coefficient (Wildman–Crippen LogP) is 2.64. The second-order valence-corrected chi connectivity index (χ2v) is 6.18. The molecule has 1 fully saturated rings. The van der Waals surface area contributed by atoms with E-state index in [0.717, 1.165) is 49.0 Å². The van der Waals surface area contributed by atoms with Crippen LogP contribution in [-0.2, 0) is 6.54 Å². The third kappa shape index (κ3) is 3.33. The summed E-state index contributed by atoms with van der Waals surface area (Å²) in [5.41, 5.74) is 2.06. The second kappa shape index (κ2) is 6.88. The summed E-state index contributed by atoms with van der Waals surface area (Å²) < 4.78 is 0. The lowest BCUT2D eigenvalue weighted by Gasteiger charge is -2.31. The Morgan fingerprint density at radius 2 is 2.17 bits per heavy atom. The number of hydrogen-bond donors (Lipinski definition) is 1. The van der Waals surface area contributed by atoms with Gasteiger partial charge in [-0.1, -0.05) is 6.07 Å². The molecule has 1 aliphatic rings. The van der Waals surface area contributed by atoms with E-state index in [1.807, 2.05) is 30.5 Å². The molecule has 6 heteroatoms. The molecule has 1 saturated heterocycles. The van der Waals surface area contributed by atoms with Crippen LogP contribution in [-0.4, -0.2) is 43.1 Å². The molecule has 4 rings (SSSR count). The van der Waals surface area contributed by atoms with Crippen LogP contribution < -0.4 is 0 Å². The lowest BCUT2D eigenvalue weighted by Crippen LogP contribution is -2.34. The molecule has 1 atom stereocenters. The number of H-pyrrole nitrogens is 1. The highest BCUT2D eigenvalue weighted by Crippen LogP contribution is 2.26. The van der Waals surface area contributed by atoms with Crippen molar-refractivity contribution >= 4 is 0 Å². The molecule has 0 saturated carbocycles. The van der Waals surface area contributed by atoms with Gasteiger partial charge in [-0.3, -0.25) is 20.0 Å². The van der Waals surface area contributed by atoms with E-state index in [9.17, 15) is 0 Å². The largest absolute Gasteiger partial charge is 0.297 e. The molecule has 0 aliphatic carbocycles. The number of aromatic amines is 1. The summed E-state index contributed by atoms with van der Waals surface area (Å²) in [6, 6.07) is 9.96. The first kappa shape index (κ1) is 15.0. The minimum Gasteiger partial charge on any atom is -0.297 e. The molecule has 0 unspecified atom stereocenters. The summed E-state index contributed by atoms with van der Waals surface area (Å²) >= 11 is 0. The number of hydrogen-bond acceptors (Lipinski definition) is 5. The first-order valence-electron chi connectivity index (χ1n) is 8.33. The van der Waals surface area contributed by atoms with Crippen molar-refractivity contribution in [3.63, 3.8) is 0 Å². The maximum Gasteiger partial charge on any atom is 0.182 e. The molecule has 1 N–H and O–H groups in total. The van der Waals surface area contributed by atoms with Crippen molar-refractivity contribution < 1.29 is 0 Å². The van der Waals surface area contributed by atoms with Gasteiger partial charge in [-0.2, -0.15) is 5.10 Å². The standard InChI is InChI=1S/C18H20N6/c1-2-9-20-16(7-1)13-24-10-4-6-15(12-24)18-21-17(22-23-18)14-5-3-8-19-11-14/h1-3,5,7-9,11,15H,4,6,10,12-13H2,(H,21,22,23)/t15-/m0/s1. The highest BCUT2D eigenvalue weighted by atomic mass is 15.2. The summed E-state index contributed by atoms with van der Waals surface area (Å²) in [6.07, 6.45) is 7.71. The van der Waals surface area contributed by atoms with E-state index in [2.05, 4.69) is 31.1 Å². The molecule has 3 aromatic heterocycles. The van der Waals surface area contributed by atoms with Crippen molar-refractivity contribution in [1.29, 1.82) is 0 Å². The van der Waals surface area contributed by atoms with Gasteiger partial charge >= 0.3 is 0 Å². The fourth-order valence-electron chi connectivity index (χ4n) is 3.22. The number of nitrogens with one attached hydrogen (secondary N) is 1. The van der Waals surface area contributed by atoms with Gasteiger partial charge in [0, 0.05) is 43.2 Å². The molecule has 0 spiro atoms. The van der Waals surface area contributed by atoms with Crippen LogP contribution >= 0.6 is 0 Å². The van der Waals surface area contributed by atoms with Crippen molar-refractivity contribution in [2.75, 3.05) is 13.1 Å². The fourth-order valence-corrected chi connectivity index (χ4v) is 3.22. The molecule has 0 radical (unpaired) electrons. The van der Waals surface area contributed by atoms with E-state index in [-0.39, 0.29) is 0 Å². The van der Waals surface area contributed by atoms with Gasteiger partial charge in [-0.25, -0.2) is 4.98 Å². The maximum atomic E-state index is 4.70. The molecular weight excluding hydrogens is 300 g/mol. The van der Waals surface area contributed by atoms with E-state index in [0.29, 0.717) is 5.92 Å². The number of nitrogens with zero attached hydrogens (tertiary/aromatic N) is 5. The van der Waals surface area contributed by atoms with Crippen LogP contribution in [0.25, 0.3) is 11.4 Å². The summed E-state index contributed by atoms with van der Waals surface area (Å²) in [6.45, 7) is 2.98. The maximum absolute atomic E-state index is 4.70. The minimum absolute atomic E-state index is 0.389. The molecule has 1 aliphatic heterocycles. The first-order valence-corrected chi connectivity index (χ1v) is 8.33. The van der Waals surface area contributed by atoms with Crippen molar-refractivity contribution in [3.8, 4) is 11.4 Å². The fraction of sp³-hybridized carbons (Fsp3) is 0.333. The first-order chi connectivity index (χ1) is 11.9. The average molecular weight is 320 g/mol. The highest BCUT2D eigenvalue weighted by molar-refractivity contribution is 5.52. The molecular formula is C18H20N6. The van der Waals surface area contributed by atoms with E-state index < -0.39 is 0 Å². The monoisotopic (exact) mass is 320 g/mol. The third-order valence-corrected chi connectivity index (χ3v) is 4.43. The van der Waals surface area contributed by atoms with Crippen molar-refractivity contribution in [1.82, 2.24) is 30.0 Å². The summed E-state index contributed by atoms with van der Waals surface area (Å²) in [4.78, 5) is 15.7. The highest BCUT2D eigenvalue weighted by Gasteiger charge is 2.24. The number of rotatable bonds is 4. The topological polar surface area (TPSA) is 70.6 Å². The Morgan fingerprint density at radius 1 is 1.17 bits per heavy atom. The smallest absolute Gasteiger partial charge is 0.182 e. The average Bonchev–Trinajstić information content (AvgIpc) is 3.14. The van der Waals surface area contributed by atoms with Crippen molar-refractivity contribution in [3.05, 3.63) is 60.4 Å². The van der Waals surface area contributed by atoms with Crippen LogP contribution in [0.2, 0.25) is 0 Å². The van der Waals surface area contributed by atoms with Gasteiger partial charge in [0.1, 0.15) is 5.82 Å². The zero-order valence-corrected chi connectivity index (χ0v) is 13.5. The van der Waals surface area contributed by atoms with Crippen LogP contribution in [0.5, 0.6) is 0 Å². The lowest BCUT2D eigenvalue weighted by molar-refractivity contribution is 0.195. The van der Waals surface area contributed by atoms with Gasteiger partial charge in [0.2, 0.25) is 0 Å². The van der Waals surface area contributed by atoms with Gasteiger partial charge < -0.3 is 0 Å². The van der Waals surface area contributed by atoms with E-state index in [1.54, 1.807) is 12.4 Å². The Balaban J connectivity index is 1.45. The van der Waals surface area contributed by atoms with Crippen molar-refractivity contribution in [2.24, 2.45) is 0 Å². The predicted molar refractivity (Wildman–Crippen MR) is 91.1 cm³/mol. The normalized spacial score (nSPS) is 18.6. The summed E-state index contributed by atoms with van der Waals surface area (Å²) in [7, 11) is 0. The van der Waals surface area contributed by atoms with Crippen LogP contribution in [0.3, 0.4) is 0 Å². The van der Waals surface area contributed by atoms with Crippen LogP contribution in [0.4, 0.5) is 0 Å². The molecule has 0 bridgehead atoms. The van der Waals surface area contributed by atoms with Gasteiger partial charge in [0.15, 0.2) is 5.82 Å². The van der Waals surface area contributed by atoms with E-state index in [1.165, 1.54) is 6.42 Å². The Labute approximate surface area is 141 Å². The third-order valence-electron chi connectivity index (χ3n) is 4.43. The molecule has 4 heterocycles. The number of aromatic nitrogens is 5. The van der Waals surface area contributed by atoms with E-state index >= 15 is 0 Å². The van der Waals surface area contributed by atoms with E-state index in [4.69, 9.17) is 4.98 Å². The van der Waals surface area contributed by atoms with Crippen LogP contribution in [0.1, 0.15) is 30.3 Å². The zero-order valence-electron chi connectivity index (χ0n) is 13.5. The molecule has 122 valence electrons. The summed E-state index contributed by atoms with van der Waals surface area (Å²) in [5, 5.41) is 7.49. The minimum atomic E-state index is 0.389. The Kier molecular flexibility index (Phi) is 4.29. The number of pyridine rings is 2. The van der Waals surface area contributed by atoms with Crippen molar-refractivity contribution in [2.45, 2.75) is 25.3 Å². The molecule has 3 aromatic rings. The van der Waals surface area contributed by atoms with Gasteiger partial charge in [0.25, 0.3) is 0 Å². The van der Waals surface area contributed by atoms with Gasteiger partial charge in [-0.15, -0.1) is 0 Å². The Morgan fingerprint density at radius 3 is 3.00 bits per heavy atom. The number of likely N-dealkylation sites (tertiary alicyclic amines) is 1. The molecule has 24 heavy (non-hydrogen) atoms. The quantitative estimate of drug-likeness (QED) is 0.800. The van der Waals surface area contributed by atoms with Crippen LogP contribution in [0, 0.1) is 0 Å². The molecule has 0 amide bonds. The molecule has 6 nitrogen and oxygen atoms in total. The SMILES string of the molecule is c1ccc(CN2CCC[C@H](c3nc(-c4cccnc4)n[nH]3)C2)nc1. The lowest BCUT2D eigenvalue weighted by atomic mass is 9.97. The zero-order chi connectivity index (χ0) is 16.2. The van der Waals surface area contributed by atoms with Crippen LogP contribution in [0.15, 0.2) is 48.9 Å². The summed E-state index contributed by atoms with van der Waals surface area (Å²) in [5.74, 6) is 2.08. The Bertz CT molecular complexity index is 770. The van der Waals surface area contributed by atoms with Gasteiger partial charge in [0.05, 0.1) is 5.69 Å².